The maximum atomic E-state index is 0. The number of halogens is 1. The van der Waals surface area contributed by atoms with Gasteiger partial charge in [-0.25, -0.2) is 0 Å². The Hall–Kier alpha value is 1.67. The van der Waals surface area contributed by atoms with E-state index in [0.29, 0.717) is 0 Å². The average Bonchev–Trinajstić information content (AvgIpc) is 0. The van der Waals surface area contributed by atoms with E-state index in [1.807, 2.05) is 0 Å². The predicted octanol–water partition coefficient (Wildman–Crippen LogP) is -3.50. The molecule has 0 aliphatic rings. The SMILES string of the molecule is [Ca+2].[F-].[Fe+2].[O-2]. The molecule has 0 rings (SSSR count). The fourth-order valence-electron chi connectivity index (χ4n) is 0. The third-order valence-corrected chi connectivity index (χ3v) is 0. The number of hydrogen-bond donors (Lipinski definition) is 0. The minimum absolute atomic E-state index is 0. The smallest absolute Gasteiger partial charge is 2.00 e. The molecule has 0 aromatic rings. The molecule has 0 heterocycles. The molecule has 0 atom stereocenters. The first-order chi connectivity index (χ1) is 0. The molecule has 0 saturated heterocycles. The van der Waals surface area contributed by atoms with Crippen molar-refractivity contribution in [2.45, 2.75) is 0 Å². The van der Waals surface area contributed by atoms with Crippen molar-refractivity contribution in [1.29, 1.82) is 0 Å². The molecule has 4 heteroatoms. The number of rotatable bonds is 0. The molecule has 0 radical (unpaired) electrons. The van der Waals surface area contributed by atoms with Crippen LogP contribution in [0.3, 0.4) is 0 Å². The molecular weight excluding hydrogens is 131 g/mol. The van der Waals surface area contributed by atoms with Gasteiger partial charge in [0.05, 0.1) is 0 Å². The van der Waals surface area contributed by atoms with Gasteiger partial charge in [0.25, 0.3) is 0 Å². The first kappa shape index (κ1) is 44.4. The summed E-state index contributed by atoms with van der Waals surface area (Å²) in [5, 5.41) is 0. The van der Waals surface area contributed by atoms with Gasteiger partial charge in [-0.2, -0.15) is 0 Å². The Morgan fingerprint density at radius 2 is 1.00 bits per heavy atom. The Morgan fingerprint density at radius 1 is 1.00 bits per heavy atom. The second-order valence-corrected chi connectivity index (χ2v) is 0. The van der Waals surface area contributed by atoms with E-state index in [1.54, 1.807) is 0 Å². The fraction of sp³-hybridized carbons (Fsp3) is 0. The normalized spacial score (nSPS) is 0. The van der Waals surface area contributed by atoms with Crippen LogP contribution in [-0.4, -0.2) is 37.7 Å². The van der Waals surface area contributed by atoms with Crippen LogP contribution in [0.1, 0.15) is 0 Å². The van der Waals surface area contributed by atoms with Gasteiger partial charge in [-0.1, -0.05) is 0 Å². The summed E-state index contributed by atoms with van der Waals surface area (Å²) in [5.41, 5.74) is 0. The molecule has 0 aliphatic heterocycles. The largest absolute Gasteiger partial charge is 2.00 e. The summed E-state index contributed by atoms with van der Waals surface area (Å²) in [6.45, 7) is 0. The van der Waals surface area contributed by atoms with Gasteiger partial charge in [-0.3, -0.25) is 0 Å². The third kappa shape index (κ3) is 9.38. The van der Waals surface area contributed by atoms with Crippen molar-refractivity contribution in [3.05, 3.63) is 0 Å². The van der Waals surface area contributed by atoms with Crippen molar-refractivity contribution in [2.24, 2.45) is 0 Å². The monoisotopic (exact) mass is 131 g/mol. The van der Waals surface area contributed by atoms with Crippen molar-refractivity contribution in [3.63, 3.8) is 0 Å². The predicted molar refractivity (Wildman–Crippen MR) is 6.44 cm³/mol. The molecule has 0 bridgehead atoms. The number of hydrogen-bond acceptors (Lipinski definition) is 0. The molecule has 0 saturated carbocycles. The van der Waals surface area contributed by atoms with Crippen molar-refractivity contribution in [2.75, 3.05) is 0 Å². The van der Waals surface area contributed by atoms with Gasteiger partial charge in [0.1, 0.15) is 0 Å². The Bertz CT molecular complexity index is 8.00. The Labute approximate surface area is 64.3 Å². The zero-order valence-corrected chi connectivity index (χ0v) is 5.16. The van der Waals surface area contributed by atoms with E-state index in [-0.39, 0.29) is 65.0 Å². The van der Waals surface area contributed by atoms with Crippen LogP contribution in [0, 0.1) is 0 Å². The van der Waals surface area contributed by atoms with E-state index in [2.05, 4.69) is 0 Å². The molecule has 0 fully saturated rings. The van der Waals surface area contributed by atoms with Crippen LogP contribution >= 0.6 is 0 Å². The summed E-state index contributed by atoms with van der Waals surface area (Å²) in [5.74, 6) is 0. The summed E-state index contributed by atoms with van der Waals surface area (Å²) in [6, 6.07) is 0. The molecule has 0 aromatic heterocycles. The second-order valence-electron chi connectivity index (χ2n) is 0. The van der Waals surface area contributed by atoms with Crippen LogP contribution in [0.15, 0.2) is 0 Å². The Morgan fingerprint density at radius 3 is 1.00 bits per heavy atom. The van der Waals surface area contributed by atoms with Crippen molar-refractivity contribution in [1.82, 2.24) is 0 Å². The van der Waals surface area contributed by atoms with Crippen LogP contribution in [0.25, 0.3) is 0 Å². The molecule has 0 N–H and O–H groups in total. The maximum absolute atomic E-state index is 0. The van der Waals surface area contributed by atoms with E-state index >= 15 is 0 Å². The quantitative estimate of drug-likeness (QED) is 0.305. The summed E-state index contributed by atoms with van der Waals surface area (Å²) in [4.78, 5) is 0. The Kier molecular flexibility index (Phi) is 250. The second kappa shape index (κ2) is 22.6. The van der Waals surface area contributed by atoms with Crippen LogP contribution < -0.4 is 4.70 Å². The first-order valence-electron chi connectivity index (χ1n) is 0. The molecule has 22 valence electrons. The summed E-state index contributed by atoms with van der Waals surface area (Å²) >= 11 is 0. The molecule has 0 unspecified atom stereocenters. The topological polar surface area (TPSA) is 28.5 Å². The van der Waals surface area contributed by atoms with E-state index in [1.165, 1.54) is 0 Å². The van der Waals surface area contributed by atoms with Crippen LogP contribution in [-0.2, 0) is 22.5 Å². The summed E-state index contributed by atoms with van der Waals surface area (Å²) < 4.78 is 0. The van der Waals surface area contributed by atoms with Crippen molar-refractivity contribution in [3.8, 4) is 0 Å². The molecule has 0 aromatic carbocycles. The maximum Gasteiger partial charge on any atom is 2.00 e. The third-order valence-electron chi connectivity index (χ3n) is 0. The van der Waals surface area contributed by atoms with Gasteiger partial charge in [0.15, 0.2) is 0 Å². The van der Waals surface area contributed by atoms with Crippen LogP contribution in [0.5, 0.6) is 0 Å². The molecule has 4 heavy (non-hydrogen) atoms. The van der Waals surface area contributed by atoms with E-state index < -0.39 is 0 Å². The van der Waals surface area contributed by atoms with Gasteiger partial charge >= 0.3 is 54.8 Å². The molecule has 0 aliphatic carbocycles. The minimum atomic E-state index is 0. The average molecular weight is 131 g/mol. The van der Waals surface area contributed by atoms with Crippen LogP contribution in [0.4, 0.5) is 0 Å². The van der Waals surface area contributed by atoms with Crippen molar-refractivity contribution >= 4 is 37.7 Å². The van der Waals surface area contributed by atoms with Gasteiger partial charge in [-0.15, -0.1) is 0 Å². The molecule has 0 spiro atoms. The van der Waals surface area contributed by atoms with Crippen LogP contribution in [0.2, 0.25) is 0 Å². The zero-order chi connectivity index (χ0) is 0. The molecule has 0 amide bonds. The van der Waals surface area contributed by atoms with E-state index in [0.717, 1.165) is 0 Å². The van der Waals surface area contributed by atoms with Gasteiger partial charge in [-0.05, 0) is 0 Å². The van der Waals surface area contributed by atoms with Gasteiger partial charge in [0, 0.05) is 0 Å². The fourth-order valence-corrected chi connectivity index (χ4v) is 0. The standard InChI is InChI=1S/Ca.FH.Fe.O/h;1H;;/q+2;;+2;-2/p-1. The van der Waals surface area contributed by atoms with Gasteiger partial charge in [0.2, 0.25) is 0 Å². The molecular formula is CaFFeO+. The summed E-state index contributed by atoms with van der Waals surface area (Å²) in [6.07, 6.45) is 0. The zero-order valence-electron chi connectivity index (χ0n) is 1.85. The first-order valence-corrected chi connectivity index (χ1v) is 0. The van der Waals surface area contributed by atoms with E-state index in [9.17, 15) is 0 Å². The Balaban J connectivity index is 0. The minimum Gasteiger partial charge on any atom is -2.00 e. The van der Waals surface area contributed by atoms with E-state index in [4.69, 9.17) is 0 Å². The summed E-state index contributed by atoms with van der Waals surface area (Å²) in [7, 11) is 0. The van der Waals surface area contributed by atoms with Crippen molar-refractivity contribution < 1.29 is 27.2 Å². The molecule has 1 nitrogen and oxygen atoms in total. The van der Waals surface area contributed by atoms with Gasteiger partial charge < -0.3 is 10.2 Å².